The Morgan fingerprint density at radius 1 is 1.31 bits per heavy atom. The van der Waals surface area contributed by atoms with Crippen molar-refractivity contribution in [2.45, 2.75) is 54.9 Å². The second kappa shape index (κ2) is 8.58. The molecule has 2 aromatic heterocycles. The predicted molar refractivity (Wildman–Crippen MR) is 122 cm³/mol. The monoisotopic (exact) mass is 472 g/mol. The van der Waals surface area contributed by atoms with Gasteiger partial charge in [0.2, 0.25) is 0 Å². The first-order chi connectivity index (χ1) is 15.5. The number of nitrogens with zero attached hydrogens (tertiary/aromatic N) is 5. The van der Waals surface area contributed by atoms with Crippen molar-refractivity contribution in [2.24, 2.45) is 0 Å². The van der Waals surface area contributed by atoms with E-state index in [1.54, 1.807) is 12.4 Å². The summed E-state index contributed by atoms with van der Waals surface area (Å²) in [6.07, 6.45) is 8.31. The van der Waals surface area contributed by atoms with Gasteiger partial charge < -0.3 is 15.3 Å². The SMILES string of the molecule is N#Cc1c(N2CCC(c3ncc(Cl)cn3)CC2)nc(NC2(CO)CCC2)c2c1CCS2=O. The molecule has 10 heteroatoms. The van der Waals surface area contributed by atoms with E-state index in [2.05, 4.69) is 26.3 Å². The molecule has 2 aromatic rings. The summed E-state index contributed by atoms with van der Waals surface area (Å²) in [7, 11) is -1.19. The molecule has 1 atom stereocenters. The molecule has 0 aromatic carbocycles. The number of anilines is 2. The van der Waals surface area contributed by atoms with Crippen LogP contribution in [0.15, 0.2) is 17.3 Å². The maximum absolute atomic E-state index is 12.8. The first kappa shape index (κ1) is 21.6. The molecule has 2 N–H and O–H groups in total. The van der Waals surface area contributed by atoms with Crippen LogP contribution in [0.5, 0.6) is 0 Å². The fraction of sp³-hybridized carbons (Fsp3) is 0.545. The van der Waals surface area contributed by atoms with Gasteiger partial charge in [-0.3, -0.25) is 4.21 Å². The van der Waals surface area contributed by atoms with Gasteiger partial charge in [-0.05, 0) is 44.1 Å². The van der Waals surface area contributed by atoms with Crippen molar-refractivity contribution >= 4 is 34.0 Å². The highest BCUT2D eigenvalue weighted by Crippen LogP contribution is 2.41. The van der Waals surface area contributed by atoms with Crippen LogP contribution in [0.4, 0.5) is 11.6 Å². The van der Waals surface area contributed by atoms with Crippen molar-refractivity contribution in [1.82, 2.24) is 15.0 Å². The molecule has 32 heavy (non-hydrogen) atoms. The number of rotatable bonds is 5. The Labute approximate surface area is 194 Å². The topological polar surface area (TPSA) is 115 Å². The van der Waals surface area contributed by atoms with Crippen LogP contribution < -0.4 is 10.2 Å². The number of aliphatic hydroxyl groups excluding tert-OH is 1. The van der Waals surface area contributed by atoms with Crippen LogP contribution in [0.25, 0.3) is 0 Å². The van der Waals surface area contributed by atoms with Crippen molar-refractivity contribution in [2.75, 3.05) is 35.7 Å². The molecular weight excluding hydrogens is 448 g/mol. The fourth-order valence-corrected chi connectivity index (χ4v) is 6.36. The van der Waals surface area contributed by atoms with Crippen LogP contribution in [0.2, 0.25) is 5.02 Å². The Hall–Kier alpha value is -2.28. The minimum Gasteiger partial charge on any atom is -0.394 e. The van der Waals surface area contributed by atoms with Crippen LogP contribution in [-0.4, -0.2) is 55.3 Å². The minimum atomic E-state index is -1.19. The number of piperidine rings is 1. The third-order valence-electron chi connectivity index (χ3n) is 6.91. The van der Waals surface area contributed by atoms with E-state index in [-0.39, 0.29) is 12.5 Å². The lowest BCUT2D eigenvalue weighted by Crippen LogP contribution is -2.48. The number of halogens is 1. The summed E-state index contributed by atoms with van der Waals surface area (Å²) in [6, 6.07) is 2.34. The van der Waals surface area contributed by atoms with Gasteiger partial charge in [-0.1, -0.05) is 11.6 Å². The number of aliphatic hydroxyl groups is 1. The van der Waals surface area contributed by atoms with Crippen molar-refractivity contribution in [3.05, 3.63) is 34.4 Å². The first-order valence-electron chi connectivity index (χ1n) is 11.0. The van der Waals surface area contributed by atoms with Crippen molar-refractivity contribution in [3.63, 3.8) is 0 Å². The van der Waals surface area contributed by atoms with E-state index in [1.165, 1.54) is 0 Å². The third kappa shape index (κ3) is 3.74. The quantitative estimate of drug-likeness (QED) is 0.682. The maximum atomic E-state index is 12.8. The predicted octanol–water partition coefficient (Wildman–Crippen LogP) is 2.77. The zero-order valence-corrected chi connectivity index (χ0v) is 19.3. The molecule has 2 fully saturated rings. The molecular formula is C22H25ClN6O2S. The summed E-state index contributed by atoms with van der Waals surface area (Å²) in [6.45, 7) is 1.47. The lowest BCUT2D eigenvalue weighted by Gasteiger charge is -2.42. The average Bonchev–Trinajstić information content (AvgIpc) is 3.18. The Morgan fingerprint density at radius 3 is 2.62 bits per heavy atom. The zero-order valence-electron chi connectivity index (χ0n) is 17.7. The molecule has 1 unspecified atom stereocenters. The molecule has 0 amide bonds. The Balaban J connectivity index is 1.45. The van der Waals surface area contributed by atoms with Gasteiger partial charge in [-0.2, -0.15) is 5.26 Å². The summed E-state index contributed by atoms with van der Waals surface area (Å²) < 4.78 is 12.8. The highest BCUT2D eigenvalue weighted by atomic mass is 35.5. The van der Waals surface area contributed by atoms with Gasteiger partial charge in [0.1, 0.15) is 23.5 Å². The van der Waals surface area contributed by atoms with E-state index < -0.39 is 16.3 Å². The molecule has 3 aliphatic rings. The molecule has 1 saturated carbocycles. The van der Waals surface area contributed by atoms with Crippen LogP contribution in [0.1, 0.15) is 55.0 Å². The number of fused-ring (bicyclic) bond motifs is 1. The summed E-state index contributed by atoms with van der Waals surface area (Å²) in [5.74, 6) is 2.76. The molecule has 2 aliphatic heterocycles. The second-order valence-electron chi connectivity index (χ2n) is 8.82. The van der Waals surface area contributed by atoms with Crippen LogP contribution in [0.3, 0.4) is 0 Å². The highest BCUT2D eigenvalue weighted by Gasteiger charge is 2.40. The summed E-state index contributed by atoms with van der Waals surface area (Å²) in [5.41, 5.74) is 0.968. The zero-order chi connectivity index (χ0) is 22.3. The Kier molecular flexibility index (Phi) is 5.78. The summed E-state index contributed by atoms with van der Waals surface area (Å²) in [4.78, 5) is 16.4. The number of nitrogens with one attached hydrogen (secondary N) is 1. The molecule has 8 nitrogen and oxygen atoms in total. The van der Waals surface area contributed by atoms with Gasteiger partial charge in [-0.15, -0.1) is 0 Å². The average molecular weight is 473 g/mol. The van der Waals surface area contributed by atoms with E-state index in [1.807, 2.05) is 0 Å². The van der Waals surface area contributed by atoms with E-state index in [4.69, 9.17) is 16.6 Å². The largest absolute Gasteiger partial charge is 0.394 e. The van der Waals surface area contributed by atoms with Gasteiger partial charge in [0.15, 0.2) is 0 Å². The number of nitriles is 1. The number of aromatic nitrogens is 3. The second-order valence-corrected chi connectivity index (χ2v) is 10.8. The van der Waals surface area contributed by atoms with Crippen molar-refractivity contribution in [3.8, 4) is 6.07 Å². The molecule has 0 bridgehead atoms. The number of pyridine rings is 1. The summed E-state index contributed by atoms with van der Waals surface area (Å²) in [5, 5.41) is 23.9. The molecule has 1 aliphatic carbocycles. The third-order valence-corrected chi connectivity index (χ3v) is 8.57. The first-order valence-corrected chi connectivity index (χ1v) is 12.7. The van der Waals surface area contributed by atoms with Crippen LogP contribution in [-0.2, 0) is 17.2 Å². The van der Waals surface area contributed by atoms with Gasteiger partial charge in [0.05, 0.1) is 38.4 Å². The maximum Gasteiger partial charge on any atom is 0.149 e. The van der Waals surface area contributed by atoms with Crippen LogP contribution >= 0.6 is 11.6 Å². The highest BCUT2D eigenvalue weighted by molar-refractivity contribution is 7.85. The smallest absolute Gasteiger partial charge is 0.149 e. The van der Waals surface area contributed by atoms with Crippen LogP contribution in [0, 0.1) is 11.3 Å². The molecule has 1 saturated heterocycles. The normalized spacial score (nSPS) is 22.2. The molecule has 0 spiro atoms. The lowest BCUT2D eigenvalue weighted by atomic mass is 9.77. The van der Waals surface area contributed by atoms with Crippen molar-refractivity contribution in [1.29, 1.82) is 5.26 Å². The van der Waals surface area contributed by atoms with Crippen molar-refractivity contribution < 1.29 is 9.32 Å². The van der Waals surface area contributed by atoms with E-state index in [0.717, 1.165) is 56.6 Å². The molecule has 0 radical (unpaired) electrons. The minimum absolute atomic E-state index is 0.0118. The standard InChI is InChI=1S/C22H25ClN6O2S/c23-15-11-25-19(26-12-15)14-2-7-29(8-3-14)21-17(10-24)16-4-9-32(31)18(16)20(27-21)28-22(13-30)5-1-6-22/h11-12,14,30H,1-9,13H2,(H,27,28). The number of hydrogen-bond donors (Lipinski definition) is 2. The Bertz CT molecular complexity index is 1090. The van der Waals surface area contributed by atoms with E-state index >= 15 is 0 Å². The van der Waals surface area contributed by atoms with Gasteiger partial charge in [-0.25, -0.2) is 15.0 Å². The van der Waals surface area contributed by atoms with Gasteiger partial charge in [0.25, 0.3) is 0 Å². The molecule has 5 rings (SSSR count). The number of hydrogen-bond acceptors (Lipinski definition) is 8. The Morgan fingerprint density at radius 2 is 2.03 bits per heavy atom. The molecule has 4 heterocycles. The lowest BCUT2D eigenvalue weighted by molar-refractivity contribution is 0.143. The van der Waals surface area contributed by atoms with E-state index in [0.29, 0.717) is 39.3 Å². The fourth-order valence-electron chi connectivity index (χ4n) is 4.88. The summed E-state index contributed by atoms with van der Waals surface area (Å²) >= 11 is 5.91. The molecule has 168 valence electrons. The van der Waals surface area contributed by atoms with Gasteiger partial charge in [0, 0.05) is 37.2 Å². The van der Waals surface area contributed by atoms with Gasteiger partial charge >= 0.3 is 0 Å². The van der Waals surface area contributed by atoms with E-state index in [9.17, 15) is 14.6 Å².